The molecule has 2 aromatic rings. The van der Waals surface area contributed by atoms with Gasteiger partial charge in [-0.2, -0.15) is 0 Å². The Hall–Kier alpha value is -2.90. The number of nitrogens with zero attached hydrogens (tertiary/aromatic N) is 4. The maximum atomic E-state index is 12.5. The number of ether oxygens (including phenoxy) is 1. The SMILES string of the molecule is COc1ccc(NC2CC(Cc3nc(C)c4c(n3)N(C)[C@@H](C(C)C)C(=O)N4)C2)nc1. The number of carbonyl (C=O) groups excluding carboxylic acids is 1. The number of nitrogens with one attached hydrogen (secondary N) is 2. The van der Waals surface area contributed by atoms with Crippen molar-refractivity contribution in [3.05, 3.63) is 29.8 Å². The van der Waals surface area contributed by atoms with E-state index in [0.717, 1.165) is 53.9 Å². The molecule has 2 N–H and O–H groups in total. The van der Waals surface area contributed by atoms with Gasteiger partial charge in [0.1, 0.15) is 29.1 Å². The first-order valence-corrected chi connectivity index (χ1v) is 10.5. The quantitative estimate of drug-likeness (QED) is 0.756. The van der Waals surface area contributed by atoms with E-state index in [4.69, 9.17) is 9.72 Å². The molecule has 3 heterocycles. The van der Waals surface area contributed by atoms with Crippen molar-refractivity contribution in [2.24, 2.45) is 11.8 Å². The molecule has 8 heteroatoms. The van der Waals surface area contributed by atoms with Crippen LogP contribution in [0.3, 0.4) is 0 Å². The molecule has 0 saturated heterocycles. The van der Waals surface area contributed by atoms with Crippen LogP contribution < -0.4 is 20.3 Å². The number of likely N-dealkylation sites (N-methyl/N-ethyl adjacent to an activating group) is 1. The number of fused-ring (bicyclic) bond motifs is 1. The molecule has 1 aliphatic carbocycles. The molecular formula is C22H30N6O2. The second kappa shape index (κ2) is 8.08. The predicted molar refractivity (Wildman–Crippen MR) is 117 cm³/mol. The molecule has 0 aromatic carbocycles. The zero-order chi connectivity index (χ0) is 21.4. The number of carbonyl (C=O) groups is 1. The van der Waals surface area contributed by atoms with E-state index in [0.29, 0.717) is 12.0 Å². The number of hydrogen-bond acceptors (Lipinski definition) is 7. The fraction of sp³-hybridized carbons (Fsp3) is 0.545. The van der Waals surface area contributed by atoms with E-state index < -0.39 is 0 Å². The summed E-state index contributed by atoms with van der Waals surface area (Å²) in [5.41, 5.74) is 1.57. The van der Waals surface area contributed by atoms with Crippen LogP contribution in [0.25, 0.3) is 0 Å². The van der Waals surface area contributed by atoms with E-state index in [-0.39, 0.29) is 17.9 Å². The highest BCUT2D eigenvalue weighted by Gasteiger charge is 2.36. The number of aromatic nitrogens is 3. The second-order valence-electron chi connectivity index (χ2n) is 8.68. The van der Waals surface area contributed by atoms with Crippen LogP contribution in [-0.4, -0.2) is 47.1 Å². The maximum absolute atomic E-state index is 12.5. The van der Waals surface area contributed by atoms with Crippen LogP contribution in [0, 0.1) is 18.8 Å². The minimum Gasteiger partial charge on any atom is -0.495 e. The van der Waals surface area contributed by atoms with Crippen LogP contribution in [0.4, 0.5) is 17.3 Å². The molecule has 8 nitrogen and oxygen atoms in total. The first-order valence-electron chi connectivity index (χ1n) is 10.5. The molecule has 1 saturated carbocycles. The Kier molecular flexibility index (Phi) is 5.49. The Morgan fingerprint density at radius 1 is 1.30 bits per heavy atom. The zero-order valence-corrected chi connectivity index (χ0v) is 18.3. The van der Waals surface area contributed by atoms with Crippen molar-refractivity contribution in [3.8, 4) is 5.75 Å². The van der Waals surface area contributed by atoms with Crippen molar-refractivity contribution in [1.82, 2.24) is 15.0 Å². The van der Waals surface area contributed by atoms with Crippen LogP contribution in [0.15, 0.2) is 18.3 Å². The van der Waals surface area contributed by atoms with Gasteiger partial charge < -0.3 is 20.3 Å². The van der Waals surface area contributed by atoms with Gasteiger partial charge in [-0.05, 0) is 43.7 Å². The number of hydrogen-bond donors (Lipinski definition) is 2. The number of anilines is 3. The molecule has 2 aliphatic rings. The summed E-state index contributed by atoms with van der Waals surface area (Å²) in [6, 6.07) is 4.06. The maximum Gasteiger partial charge on any atom is 0.247 e. The average molecular weight is 411 g/mol. The molecule has 1 atom stereocenters. The molecule has 0 radical (unpaired) electrons. The summed E-state index contributed by atoms with van der Waals surface area (Å²) in [5, 5.41) is 6.48. The van der Waals surface area contributed by atoms with E-state index in [1.165, 1.54) is 0 Å². The molecule has 2 aromatic heterocycles. The zero-order valence-electron chi connectivity index (χ0n) is 18.3. The molecule has 30 heavy (non-hydrogen) atoms. The number of pyridine rings is 1. The molecule has 0 spiro atoms. The first kappa shape index (κ1) is 20.4. The number of amides is 1. The standard InChI is InChI=1S/C22H30N6O2/c1-12(2)20-22(29)27-19-13(3)24-18(26-21(19)28(20)4)10-14-8-15(9-14)25-17-7-6-16(30-5)11-23-17/h6-7,11-12,14-15,20H,8-10H2,1-5H3,(H,23,25)(H,27,29)/t14?,15?,20-/m0/s1. The number of aryl methyl sites for hydroxylation is 1. The predicted octanol–water partition coefficient (Wildman–Crippen LogP) is 3.03. The highest BCUT2D eigenvalue weighted by molar-refractivity contribution is 6.03. The third-order valence-electron chi connectivity index (χ3n) is 6.05. The Morgan fingerprint density at radius 3 is 2.70 bits per heavy atom. The van der Waals surface area contributed by atoms with Gasteiger partial charge in [0.15, 0.2) is 5.82 Å². The largest absolute Gasteiger partial charge is 0.495 e. The molecule has 160 valence electrons. The van der Waals surface area contributed by atoms with Crippen LogP contribution in [0.5, 0.6) is 5.75 Å². The monoisotopic (exact) mass is 410 g/mol. The lowest BCUT2D eigenvalue weighted by atomic mass is 9.78. The Labute approximate surface area is 177 Å². The van der Waals surface area contributed by atoms with Gasteiger partial charge in [0.05, 0.1) is 19.0 Å². The molecule has 1 fully saturated rings. The number of methoxy groups -OCH3 is 1. The Bertz CT molecular complexity index is 924. The van der Waals surface area contributed by atoms with Crippen molar-refractivity contribution in [3.63, 3.8) is 0 Å². The third kappa shape index (κ3) is 3.91. The topological polar surface area (TPSA) is 92.3 Å². The second-order valence-corrected chi connectivity index (χ2v) is 8.68. The van der Waals surface area contributed by atoms with E-state index in [1.807, 2.05) is 31.0 Å². The highest BCUT2D eigenvalue weighted by Crippen LogP contribution is 2.36. The van der Waals surface area contributed by atoms with Gasteiger partial charge in [0.2, 0.25) is 5.91 Å². The number of rotatable bonds is 6. The van der Waals surface area contributed by atoms with Gasteiger partial charge in [-0.1, -0.05) is 13.8 Å². The van der Waals surface area contributed by atoms with Crippen molar-refractivity contribution in [1.29, 1.82) is 0 Å². The summed E-state index contributed by atoms with van der Waals surface area (Å²) in [7, 11) is 3.59. The fourth-order valence-electron chi connectivity index (χ4n) is 4.44. The minimum absolute atomic E-state index is 0.0134. The lowest BCUT2D eigenvalue weighted by Crippen LogP contribution is -2.50. The van der Waals surface area contributed by atoms with Crippen LogP contribution >= 0.6 is 0 Å². The first-order chi connectivity index (χ1) is 14.4. The molecule has 1 amide bonds. The summed E-state index contributed by atoms with van der Waals surface area (Å²) >= 11 is 0. The smallest absolute Gasteiger partial charge is 0.247 e. The highest BCUT2D eigenvalue weighted by atomic mass is 16.5. The van der Waals surface area contributed by atoms with Gasteiger partial charge in [-0.15, -0.1) is 0 Å². The van der Waals surface area contributed by atoms with E-state index in [1.54, 1.807) is 13.3 Å². The summed E-state index contributed by atoms with van der Waals surface area (Å²) < 4.78 is 5.15. The van der Waals surface area contributed by atoms with Crippen molar-refractivity contribution in [2.75, 3.05) is 29.7 Å². The van der Waals surface area contributed by atoms with Gasteiger partial charge in [0, 0.05) is 19.5 Å². The summed E-state index contributed by atoms with van der Waals surface area (Å²) in [6.45, 7) is 6.05. The van der Waals surface area contributed by atoms with Crippen molar-refractivity contribution >= 4 is 23.2 Å². The Balaban J connectivity index is 1.39. The van der Waals surface area contributed by atoms with Gasteiger partial charge in [-0.25, -0.2) is 15.0 Å². The lowest BCUT2D eigenvalue weighted by molar-refractivity contribution is -0.118. The van der Waals surface area contributed by atoms with Crippen LogP contribution in [-0.2, 0) is 11.2 Å². The third-order valence-corrected chi connectivity index (χ3v) is 6.05. The van der Waals surface area contributed by atoms with Crippen LogP contribution in [0.1, 0.15) is 38.2 Å². The summed E-state index contributed by atoms with van der Waals surface area (Å²) in [6.07, 6.45) is 4.70. The average Bonchev–Trinajstić information content (AvgIpc) is 2.67. The molecule has 1 aliphatic heterocycles. The molecular weight excluding hydrogens is 380 g/mol. The molecule has 0 unspecified atom stereocenters. The van der Waals surface area contributed by atoms with E-state index >= 15 is 0 Å². The normalized spacial score (nSPS) is 22.9. The summed E-state index contributed by atoms with van der Waals surface area (Å²) in [4.78, 5) is 28.3. The van der Waals surface area contributed by atoms with Gasteiger partial charge in [-0.3, -0.25) is 4.79 Å². The van der Waals surface area contributed by atoms with Gasteiger partial charge >= 0.3 is 0 Å². The van der Waals surface area contributed by atoms with Crippen LogP contribution in [0.2, 0.25) is 0 Å². The molecule has 0 bridgehead atoms. The van der Waals surface area contributed by atoms with E-state index in [9.17, 15) is 4.79 Å². The fourth-order valence-corrected chi connectivity index (χ4v) is 4.44. The Morgan fingerprint density at radius 2 is 2.07 bits per heavy atom. The minimum atomic E-state index is -0.214. The van der Waals surface area contributed by atoms with Gasteiger partial charge in [0.25, 0.3) is 0 Å². The summed E-state index contributed by atoms with van der Waals surface area (Å²) in [5.74, 6) is 4.06. The van der Waals surface area contributed by atoms with Crippen molar-refractivity contribution < 1.29 is 9.53 Å². The lowest BCUT2D eigenvalue weighted by Gasteiger charge is -2.38. The van der Waals surface area contributed by atoms with E-state index in [2.05, 4.69) is 34.4 Å². The molecule has 4 rings (SSSR count). The van der Waals surface area contributed by atoms with Crippen molar-refractivity contribution in [2.45, 2.75) is 52.1 Å².